The Kier molecular flexibility index (Phi) is 7.84. The Morgan fingerprint density at radius 1 is 1.11 bits per heavy atom. The van der Waals surface area contributed by atoms with Crippen molar-refractivity contribution in [3.05, 3.63) is 59.7 Å². The highest BCUT2D eigenvalue weighted by Gasteiger charge is 2.24. The number of amides is 2. The van der Waals surface area contributed by atoms with Gasteiger partial charge >= 0.3 is 0 Å². The van der Waals surface area contributed by atoms with Crippen molar-refractivity contribution in [2.24, 2.45) is 11.7 Å². The van der Waals surface area contributed by atoms with Crippen LogP contribution in [0.15, 0.2) is 48.5 Å². The van der Waals surface area contributed by atoms with Gasteiger partial charge in [-0.15, -0.1) is 12.4 Å². The van der Waals surface area contributed by atoms with Gasteiger partial charge in [0.1, 0.15) is 5.75 Å². The van der Waals surface area contributed by atoms with Crippen molar-refractivity contribution in [1.82, 2.24) is 4.90 Å². The number of para-hydroxylation sites is 1. The molecule has 0 bridgehead atoms. The average Bonchev–Trinajstić information content (AvgIpc) is 2.73. The number of piperidine rings is 1. The Balaban J connectivity index is 0.00000280. The van der Waals surface area contributed by atoms with Crippen LogP contribution >= 0.6 is 12.4 Å². The zero-order chi connectivity index (χ0) is 19.2. The summed E-state index contributed by atoms with van der Waals surface area (Å²) in [6.45, 7) is 2.06. The molecule has 7 heteroatoms. The Labute approximate surface area is 171 Å². The van der Waals surface area contributed by atoms with E-state index in [-0.39, 0.29) is 24.2 Å². The smallest absolute Gasteiger partial charge is 0.255 e. The molecule has 28 heavy (non-hydrogen) atoms. The van der Waals surface area contributed by atoms with E-state index in [0.29, 0.717) is 48.1 Å². The summed E-state index contributed by atoms with van der Waals surface area (Å²) in [6.07, 6.45) is 1.84. The number of carbonyl (C=O) groups is 2. The zero-order valence-corrected chi connectivity index (χ0v) is 16.7. The van der Waals surface area contributed by atoms with E-state index in [9.17, 15) is 9.59 Å². The first-order valence-electron chi connectivity index (χ1n) is 9.16. The van der Waals surface area contributed by atoms with Crippen molar-refractivity contribution in [1.29, 1.82) is 0 Å². The number of methoxy groups -OCH3 is 1. The zero-order valence-electron chi connectivity index (χ0n) is 15.9. The average molecular weight is 404 g/mol. The van der Waals surface area contributed by atoms with Crippen molar-refractivity contribution >= 4 is 29.9 Å². The molecule has 0 aromatic heterocycles. The number of carbonyl (C=O) groups excluding carboxylic acids is 2. The third-order valence-corrected chi connectivity index (χ3v) is 4.99. The number of hydrogen-bond donors (Lipinski definition) is 2. The maximum Gasteiger partial charge on any atom is 0.255 e. The predicted molar refractivity (Wildman–Crippen MR) is 112 cm³/mol. The molecule has 1 saturated heterocycles. The molecular weight excluding hydrogens is 378 g/mol. The summed E-state index contributed by atoms with van der Waals surface area (Å²) >= 11 is 0. The number of nitrogens with two attached hydrogens (primary N) is 1. The third-order valence-electron chi connectivity index (χ3n) is 4.99. The van der Waals surface area contributed by atoms with Crippen molar-refractivity contribution < 1.29 is 14.3 Å². The topological polar surface area (TPSA) is 84.7 Å². The minimum Gasteiger partial charge on any atom is -0.497 e. The number of hydrogen-bond acceptors (Lipinski definition) is 4. The van der Waals surface area contributed by atoms with Gasteiger partial charge in [-0.25, -0.2) is 0 Å². The second-order valence-corrected chi connectivity index (χ2v) is 6.70. The summed E-state index contributed by atoms with van der Waals surface area (Å²) in [4.78, 5) is 27.3. The molecule has 3 N–H and O–H groups in total. The summed E-state index contributed by atoms with van der Waals surface area (Å²) in [5.41, 5.74) is 7.25. The van der Waals surface area contributed by atoms with E-state index in [2.05, 4.69) is 5.32 Å². The molecule has 2 aromatic rings. The molecule has 0 spiro atoms. The van der Waals surface area contributed by atoms with E-state index in [1.165, 1.54) is 0 Å². The molecule has 1 aliphatic rings. The summed E-state index contributed by atoms with van der Waals surface area (Å²) in [5, 5.41) is 2.86. The van der Waals surface area contributed by atoms with Gasteiger partial charge in [-0.2, -0.15) is 0 Å². The molecule has 0 saturated carbocycles. The van der Waals surface area contributed by atoms with Gasteiger partial charge in [0.05, 0.1) is 18.4 Å². The van der Waals surface area contributed by atoms with E-state index >= 15 is 0 Å². The SMILES string of the molecule is COc1ccc(C(=O)Nc2ccccc2C(=O)N2CCC(CN)CC2)cc1.Cl. The highest BCUT2D eigenvalue weighted by atomic mass is 35.5. The molecule has 0 radical (unpaired) electrons. The van der Waals surface area contributed by atoms with Crippen LogP contribution in [0.3, 0.4) is 0 Å². The lowest BCUT2D eigenvalue weighted by atomic mass is 9.96. The number of ether oxygens (including phenoxy) is 1. The number of rotatable bonds is 5. The number of anilines is 1. The van der Waals surface area contributed by atoms with Crippen LogP contribution in [-0.4, -0.2) is 43.5 Å². The van der Waals surface area contributed by atoms with Crippen LogP contribution in [0, 0.1) is 5.92 Å². The molecule has 0 atom stereocenters. The minimum atomic E-state index is -0.264. The monoisotopic (exact) mass is 403 g/mol. The maximum atomic E-state index is 12.9. The normalized spacial score (nSPS) is 14.1. The lowest BCUT2D eigenvalue weighted by Gasteiger charge is -2.31. The molecule has 150 valence electrons. The van der Waals surface area contributed by atoms with Gasteiger partial charge in [0, 0.05) is 18.7 Å². The van der Waals surface area contributed by atoms with E-state index < -0.39 is 0 Å². The van der Waals surface area contributed by atoms with Gasteiger partial charge in [0.15, 0.2) is 0 Å². The van der Waals surface area contributed by atoms with Gasteiger partial charge in [-0.05, 0) is 61.7 Å². The van der Waals surface area contributed by atoms with Crippen LogP contribution in [0.1, 0.15) is 33.6 Å². The second-order valence-electron chi connectivity index (χ2n) is 6.70. The fourth-order valence-electron chi connectivity index (χ4n) is 3.26. The molecule has 6 nitrogen and oxygen atoms in total. The van der Waals surface area contributed by atoms with Gasteiger partial charge in [-0.1, -0.05) is 12.1 Å². The molecule has 0 unspecified atom stereocenters. The van der Waals surface area contributed by atoms with Crippen LogP contribution in [0.5, 0.6) is 5.75 Å². The summed E-state index contributed by atoms with van der Waals surface area (Å²) < 4.78 is 5.11. The first-order chi connectivity index (χ1) is 13.1. The number of nitrogens with zero attached hydrogens (tertiary/aromatic N) is 1. The van der Waals surface area contributed by atoms with E-state index in [1.807, 2.05) is 11.0 Å². The number of nitrogens with one attached hydrogen (secondary N) is 1. The van der Waals surface area contributed by atoms with Gasteiger partial charge < -0.3 is 20.7 Å². The van der Waals surface area contributed by atoms with E-state index in [1.54, 1.807) is 49.6 Å². The van der Waals surface area contributed by atoms with Crippen LogP contribution in [0.25, 0.3) is 0 Å². The lowest BCUT2D eigenvalue weighted by Crippen LogP contribution is -2.40. The van der Waals surface area contributed by atoms with Crippen molar-refractivity contribution in [3.8, 4) is 5.75 Å². The first kappa shape index (κ1) is 21.7. The van der Waals surface area contributed by atoms with Crippen LogP contribution < -0.4 is 15.8 Å². The Morgan fingerprint density at radius 2 is 1.75 bits per heavy atom. The molecular formula is C21H26ClN3O3. The molecule has 1 heterocycles. The Hall–Kier alpha value is -2.57. The first-order valence-corrected chi connectivity index (χ1v) is 9.16. The molecule has 2 aromatic carbocycles. The summed E-state index contributed by atoms with van der Waals surface area (Å²) in [7, 11) is 1.58. The van der Waals surface area contributed by atoms with Gasteiger partial charge in [-0.3, -0.25) is 9.59 Å². The summed E-state index contributed by atoms with van der Waals surface area (Å²) in [5.74, 6) is 0.845. The van der Waals surface area contributed by atoms with E-state index in [0.717, 1.165) is 12.8 Å². The fraction of sp³-hybridized carbons (Fsp3) is 0.333. The molecule has 2 amide bonds. The Morgan fingerprint density at radius 3 is 2.36 bits per heavy atom. The molecule has 1 aliphatic heterocycles. The third kappa shape index (κ3) is 5.03. The fourth-order valence-corrected chi connectivity index (χ4v) is 3.26. The number of likely N-dealkylation sites (tertiary alicyclic amines) is 1. The molecule has 1 fully saturated rings. The number of benzene rings is 2. The van der Waals surface area contributed by atoms with Crippen molar-refractivity contribution in [2.45, 2.75) is 12.8 Å². The number of halogens is 1. The maximum absolute atomic E-state index is 12.9. The lowest BCUT2D eigenvalue weighted by molar-refractivity contribution is 0.0694. The second kappa shape index (κ2) is 10.1. The van der Waals surface area contributed by atoms with Crippen molar-refractivity contribution in [2.75, 3.05) is 32.1 Å². The highest BCUT2D eigenvalue weighted by molar-refractivity contribution is 6.09. The van der Waals surface area contributed by atoms with E-state index in [4.69, 9.17) is 10.5 Å². The van der Waals surface area contributed by atoms with Crippen LogP contribution in [0.2, 0.25) is 0 Å². The van der Waals surface area contributed by atoms with Crippen molar-refractivity contribution in [3.63, 3.8) is 0 Å². The Bertz CT molecular complexity index is 803. The van der Waals surface area contributed by atoms with Crippen LogP contribution in [0.4, 0.5) is 5.69 Å². The summed E-state index contributed by atoms with van der Waals surface area (Å²) in [6, 6.07) is 14.0. The molecule has 0 aliphatic carbocycles. The van der Waals surface area contributed by atoms with Crippen LogP contribution in [-0.2, 0) is 0 Å². The standard InChI is InChI=1S/C21H25N3O3.ClH/c1-27-17-8-6-16(7-9-17)20(25)23-19-5-3-2-4-18(19)21(26)24-12-10-15(14-22)11-13-24;/h2-9,15H,10-14,22H2,1H3,(H,23,25);1H. The minimum absolute atomic E-state index is 0. The molecule has 3 rings (SSSR count). The quantitative estimate of drug-likeness (QED) is 0.802. The largest absolute Gasteiger partial charge is 0.497 e. The highest BCUT2D eigenvalue weighted by Crippen LogP contribution is 2.23. The predicted octanol–water partition coefficient (Wildman–Crippen LogP) is 3.18. The van der Waals surface area contributed by atoms with Gasteiger partial charge in [0.25, 0.3) is 11.8 Å². The van der Waals surface area contributed by atoms with Gasteiger partial charge in [0.2, 0.25) is 0 Å².